The van der Waals surface area contributed by atoms with E-state index >= 15 is 0 Å². The number of aromatic nitrogens is 2. The lowest BCUT2D eigenvalue weighted by Gasteiger charge is -2.40. The van der Waals surface area contributed by atoms with E-state index in [0.717, 1.165) is 28.7 Å². The summed E-state index contributed by atoms with van der Waals surface area (Å²) in [4.78, 5) is 9.09. The number of ether oxygens (including phenoxy) is 1. The number of benzene rings is 2. The van der Waals surface area contributed by atoms with Crippen LogP contribution in [0.3, 0.4) is 0 Å². The molecule has 2 aliphatic rings. The number of anilines is 1. The highest BCUT2D eigenvalue weighted by Gasteiger charge is 2.44. The Kier molecular flexibility index (Phi) is 6.99. The van der Waals surface area contributed by atoms with Crippen LogP contribution in [0.25, 0.3) is 11.3 Å². The van der Waals surface area contributed by atoms with Crippen LogP contribution >= 0.6 is 0 Å². The zero-order valence-corrected chi connectivity index (χ0v) is 24.6. The summed E-state index contributed by atoms with van der Waals surface area (Å²) in [5.74, 6) is -0.0109. The number of aryl methyl sites for hydroxylation is 2. The van der Waals surface area contributed by atoms with Gasteiger partial charge in [-0.1, -0.05) is 51.1 Å². The lowest BCUT2D eigenvalue weighted by Crippen LogP contribution is -2.44. The molecule has 1 fully saturated rings. The molecule has 5 rings (SSSR count). The molecule has 1 unspecified atom stereocenters. The minimum atomic E-state index is -4.03. The first kappa shape index (κ1) is 27.6. The average Bonchev–Trinajstić information content (AvgIpc) is 2.80. The Labute approximate surface area is 231 Å². The maximum absolute atomic E-state index is 13.5. The fraction of sp³-hybridized carbons (Fsp3) is 0.448. The second-order valence-corrected chi connectivity index (χ2v) is 15.9. The second-order valence-electron chi connectivity index (χ2n) is 12.1. The molecule has 0 radical (unpaired) electrons. The number of fused-ring (bicyclic) bond motifs is 4. The molecule has 0 spiro atoms. The summed E-state index contributed by atoms with van der Waals surface area (Å²) in [5.41, 5.74) is 4.18. The standard InChI is InChI=1S/C29H35N3O5S2/c1-18-8-6-9-19(2)26(18)24-13-25-31-28(30-24)32-39(35,36)23-11-7-10-20(12-23)27(22-16-38(33,34)17-22)21(15-37-25)14-29(3,4)5/h6-13,21-22,27H,14-17H2,1-5H3,(H,30,31,32)/t21-,27?/m1/s1. The van der Waals surface area contributed by atoms with Crippen LogP contribution in [0.2, 0.25) is 0 Å². The van der Waals surface area contributed by atoms with Crippen LogP contribution in [-0.4, -0.2) is 44.9 Å². The second kappa shape index (κ2) is 9.89. The van der Waals surface area contributed by atoms with E-state index in [1.807, 2.05) is 38.1 Å². The molecule has 3 heterocycles. The lowest BCUT2D eigenvalue weighted by atomic mass is 9.72. The molecule has 0 saturated carbocycles. The Bertz CT molecular complexity index is 1600. The van der Waals surface area contributed by atoms with Gasteiger partial charge >= 0.3 is 0 Å². The highest BCUT2D eigenvalue weighted by Crippen LogP contribution is 2.44. The average molecular weight is 570 g/mol. The third-order valence-corrected chi connectivity index (χ3v) is 10.7. The van der Waals surface area contributed by atoms with Crippen LogP contribution in [0.1, 0.15) is 49.8 Å². The van der Waals surface area contributed by atoms with Gasteiger partial charge in [0.2, 0.25) is 11.8 Å². The van der Waals surface area contributed by atoms with Crippen molar-refractivity contribution < 1.29 is 21.6 Å². The molecule has 1 aromatic heterocycles. The lowest BCUT2D eigenvalue weighted by molar-refractivity contribution is 0.148. The molecule has 208 valence electrons. The Morgan fingerprint density at radius 3 is 2.26 bits per heavy atom. The van der Waals surface area contributed by atoms with Gasteiger partial charge in [-0.25, -0.2) is 26.5 Å². The highest BCUT2D eigenvalue weighted by atomic mass is 32.2. The van der Waals surface area contributed by atoms with Crippen LogP contribution in [0, 0.1) is 31.1 Å². The first-order valence-electron chi connectivity index (χ1n) is 13.1. The topological polar surface area (TPSA) is 115 Å². The van der Waals surface area contributed by atoms with E-state index in [0.29, 0.717) is 12.3 Å². The number of sulfone groups is 1. The Morgan fingerprint density at radius 1 is 0.949 bits per heavy atom. The van der Waals surface area contributed by atoms with Crippen molar-refractivity contribution in [1.29, 1.82) is 0 Å². The van der Waals surface area contributed by atoms with Crippen molar-refractivity contribution in [2.45, 2.75) is 51.9 Å². The van der Waals surface area contributed by atoms with E-state index in [-0.39, 0.29) is 51.4 Å². The Hall–Kier alpha value is -2.98. The SMILES string of the molecule is Cc1cccc(C)c1-c1cc2nc(n1)NS(=O)(=O)c1cccc(c1)C(C1CS(=O)(=O)C1)[C@H](CC(C)(C)C)CO2. The van der Waals surface area contributed by atoms with Crippen molar-refractivity contribution in [3.05, 3.63) is 65.2 Å². The van der Waals surface area contributed by atoms with Gasteiger partial charge < -0.3 is 4.74 Å². The maximum Gasteiger partial charge on any atom is 0.264 e. The zero-order chi connectivity index (χ0) is 28.2. The van der Waals surface area contributed by atoms with E-state index in [1.54, 1.807) is 18.2 Å². The normalized spacial score (nSPS) is 22.4. The molecule has 4 bridgehead atoms. The van der Waals surface area contributed by atoms with E-state index in [4.69, 9.17) is 4.74 Å². The largest absolute Gasteiger partial charge is 0.477 e. The smallest absolute Gasteiger partial charge is 0.264 e. The number of sulfonamides is 1. The maximum atomic E-state index is 13.5. The van der Waals surface area contributed by atoms with Crippen LogP contribution in [0.4, 0.5) is 5.95 Å². The molecule has 2 aromatic carbocycles. The predicted octanol–water partition coefficient (Wildman–Crippen LogP) is 5.13. The van der Waals surface area contributed by atoms with Crippen molar-refractivity contribution in [3.63, 3.8) is 0 Å². The first-order valence-corrected chi connectivity index (χ1v) is 16.4. The highest BCUT2D eigenvalue weighted by molar-refractivity contribution is 7.93. The molecule has 8 nitrogen and oxygen atoms in total. The predicted molar refractivity (Wildman–Crippen MR) is 152 cm³/mol. The molecule has 0 aliphatic carbocycles. The fourth-order valence-electron chi connectivity index (χ4n) is 5.97. The molecule has 1 N–H and O–H groups in total. The van der Waals surface area contributed by atoms with Crippen LogP contribution in [0.15, 0.2) is 53.4 Å². The fourth-order valence-corrected chi connectivity index (χ4v) is 8.59. The minimum absolute atomic E-state index is 0.0647. The molecule has 10 heteroatoms. The zero-order valence-electron chi connectivity index (χ0n) is 22.9. The third-order valence-electron chi connectivity index (χ3n) is 7.49. The quantitative estimate of drug-likeness (QED) is 0.465. The molecule has 0 amide bonds. The summed E-state index contributed by atoms with van der Waals surface area (Å²) in [6.45, 7) is 10.7. The number of rotatable bonds is 3. The van der Waals surface area contributed by atoms with Crippen LogP contribution in [0.5, 0.6) is 5.88 Å². The van der Waals surface area contributed by atoms with Gasteiger partial charge in [0.05, 0.1) is 28.7 Å². The minimum Gasteiger partial charge on any atom is -0.477 e. The molecular formula is C29H35N3O5S2. The van der Waals surface area contributed by atoms with Gasteiger partial charge in [-0.05, 0) is 66.3 Å². The van der Waals surface area contributed by atoms with E-state index in [1.165, 1.54) is 6.07 Å². The monoisotopic (exact) mass is 569 g/mol. The van der Waals surface area contributed by atoms with Gasteiger partial charge in [-0.15, -0.1) is 0 Å². The molecule has 39 heavy (non-hydrogen) atoms. The molecule has 2 aliphatic heterocycles. The van der Waals surface area contributed by atoms with Crippen molar-refractivity contribution in [2.75, 3.05) is 22.8 Å². The van der Waals surface area contributed by atoms with Crippen molar-refractivity contribution in [1.82, 2.24) is 9.97 Å². The summed E-state index contributed by atoms with van der Waals surface area (Å²) in [7, 11) is -7.12. The molecule has 3 aromatic rings. The Morgan fingerprint density at radius 2 is 1.62 bits per heavy atom. The van der Waals surface area contributed by atoms with Gasteiger partial charge in [0, 0.05) is 17.5 Å². The van der Waals surface area contributed by atoms with Crippen LogP contribution in [-0.2, 0) is 19.9 Å². The van der Waals surface area contributed by atoms with Gasteiger partial charge in [0.25, 0.3) is 10.0 Å². The van der Waals surface area contributed by atoms with Gasteiger partial charge in [-0.2, -0.15) is 4.98 Å². The van der Waals surface area contributed by atoms with E-state index < -0.39 is 19.9 Å². The summed E-state index contributed by atoms with van der Waals surface area (Å²) in [5, 5.41) is 0. The molecular weight excluding hydrogens is 534 g/mol. The van der Waals surface area contributed by atoms with Crippen LogP contribution < -0.4 is 9.46 Å². The third kappa shape index (κ3) is 5.96. The number of hydrogen-bond acceptors (Lipinski definition) is 7. The molecule has 1 saturated heterocycles. The van der Waals surface area contributed by atoms with Gasteiger partial charge in [0.15, 0.2) is 9.84 Å². The summed E-state index contributed by atoms with van der Waals surface area (Å²) < 4.78 is 60.4. The summed E-state index contributed by atoms with van der Waals surface area (Å²) in [6.07, 6.45) is 0.755. The van der Waals surface area contributed by atoms with E-state index in [2.05, 4.69) is 35.5 Å². The first-order chi connectivity index (χ1) is 18.2. The van der Waals surface area contributed by atoms with Crippen molar-refractivity contribution >= 4 is 25.8 Å². The van der Waals surface area contributed by atoms with E-state index in [9.17, 15) is 16.8 Å². The van der Waals surface area contributed by atoms with Crippen molar-refractivity contribution in [3.8, 4) is 17.1 Å². The Balaban J connectivity index is 1.67. The number of hydrogen-bond donors (Lipinski definition) is 1. The number of nitrogens with one attached hydrogen (secondary N) is 1. The molecule has 2 atom stereocenters. The summed E-state index contributed by atoms with van der Waals surface area (Å²) in [6, 6.07) is 14.5. The van der Waals surface area contributed by atoms with Gasteiger partial charge in [-0.3, -0.25) is 0 Å². The summed E-state index contributed by atoms with van der Waals surface area (Å²) >= 11 is 0. The van der Waals surface area contributed by atoms with Crippen molar-refractivity contribution in [2.24, 2.45) is 17.3 Å². The van der Waals surface area contributed by atoms with Gasteiger partial charge in [0.1, 0.15) is 0 Å². The number of nitrogens with zero attached hydrogens (tertiary/aromatic N) is 2.